The third-order valence-corrected chi connectivity index (χ3v) is 2.99. The lowest BCUT2D eigenvalue weighted by Gasteiger charge is -2.12. The van der Waals surface area contributed by atoms with Gasteiger partial charge in [-0.05, 0) is 31.2 Å². The summed E-state index contributed by atoms with van der Waals surface area (Å²) in [6.07, 6.45) is 1.64. The molecule has 19 heavy (non-hydrogen) atoms. The van der Waals surface area contributed by atoms with Crippen molar-refractivity contribution in [1.82, 2.24) is 5.32 Å². The number of furan rings is 1. The molecule has 0 aliphatic heterocycles. The fraction of sp³-hybridized carbons (Fsp3) is 0.286. The third kappa shape index (κ3) is 3.98. The number of rotatable bonds is 6. The first-order valence-electron chi connectivity index (χ1n) is 6.01. The molecule has 1 N–H and O–H groups in total. The molecule has 0 aliphatic rings. The Morgan fingerprint density at radius 1 is 1.42 bits per heavy atom. The van der Waals surface area contributed by atoms with Gasteiger partial charge in [-0.1, -0.05) is 11.6 Å². The van der Waals surface area contributed by atoms with Crippen molar-refractivity contribution in [2.45, 2.75) is 13.0 Å². The van der Waals surface area contributed by atoms with Crippen LogP contribution >= 0.6 is 11.6 Å². The van der Waals surface area contributed by atoms with Crippen LogP contribution in [0.25, 0.3) is 0 Å². The van der Waals surface area contributed by atoms with Crippen LogP contribution in [0, 0.1) is 5.82 Å². The highest BCUT2D eigenvalue weighted by atomic mass is 35.5. The van der Waals surface area contributed by atoms with Crippen molar-refractivity contribution in [1.29, 1.82) is 0 Å². The zero-order valence-corrected chi connectivity index (χ0v) is 11.3. The molecule has 0 saturated carbocycles. The maximum absolute atomic E-state index is 13.2. The topological polar surface area (TPSA) is 34.4 Å². The molecule has 0 amide bonds. The van der Waals surface area contributed by atoms with E-state index in [0.717, 1.165) is 5.76 Å². The number of benzene rings is 1. The van der Waals surface area contributed by atoms with Gasteiger partial charge in [0.2, 0.25) is 0 Å². The minimum absolute atomic E-state index is 0.0944. The number of hydrogen-bond acceptors (Lipinski definition) is 3. The highest BCUT2D eigenvalue weighted by molar-refractivity contribution is 6.30. The van der Waals surface area contributed by atoms with Gasteiger partial charge in [-0.15, -0.1) is 0 Å². The Bertz CT molecular complexity index is 516. The molecular weight excluding hydrogens is 269 g/mol. The molecular formula is C14H15ClFNO2. The van der Waals surface area contributed by atoms with Gasteiger partial charge < -0.3 is 14.5 Å². The van der Waals surface area contributed by atoms with Crippen molar-refractivity contribution in [3.05, 3.63) is 53.2 Å². The molecule has 0 aliphatic carbocycles. The minimum atomic E-state index is -0.476. The molecule has 0 radical (unpaired) electrons. The van der Waals surface area contributed by atoms with Gasteiger partial charge >= 0.3 is 0 Å². The van der Waals surface area contributed by atoms with E-state index in [0.29, 0.717) is 18.9 Å². The Labute approximate surface area is 116 Å². The van der Waals surface area contributed by atoms with Crippen molar-refractivity contribution < 1.29 is 13.5 Å². The molecule has 1 aromatic carbocycles. The lowest BCUT2D eigenvalue weighted by Crippen LogP contribution is -2.24. The number of halogens is 2. The van der Waals surface area contributed by atoms with Gasteiger partial charge in [-0.3, -0.25) is 0 Å². The third-order valence-electron chi connectivity index (χ3n) is 2.68. The predicted octanol–water partition coefficient (Wildman–Crippen LogP) is 3.80. The van der Waals surface area contributed by atoms with Crippen LogP contribution in [-0.2, 0) is 0 Å². The van der Waals surface area contributed by atoms with Crippen LogP contribution in [0.15, 0.2) is 41.0 Å². The summed E-state index contributed by atoms with van der Waals surface area (Å²) in [7, 11) is 0. The van der Waals surface area contributed by atoms with E-state index >= 15 is 0 Å². The fourth-order valence-electron chi connectivity index (χ4n) is 1.65. The quantitative estimate of drug-likeness (QED) is 0.819. The zero-order chi connectivity index (χ0) is 13.7. The summed E-state index contributed by atoms with van der Waals surface area (Å²) in [6, 6.07) is 8.26. The smallest absolute Gasteiger partial charge is 0.145 e. The molecule has 1 aromatic heterocycles. The fourth-order valence-corrected chi connectivity index (χ4v) is 1.77. The molecule has 102 valence electrons. The van der Waals surface area contributed by atoms with Crippen LogP contribution in [0.5, 0.6) is 5.75 Å². The normalized spacial score (nSPS) is 12.4. The van der Waals surface area contributed by atoms with Crippen molar-refractivity contribution >= 4 is 11.6 Å². The van der Waals surface area contributed by atoms with E-state index in [1.54, 1.807) is 12.3 Å². The summed E-state index contributed by atoms with van der Waals surface area (Å²) in [5.74, 6) is 0.864. The lowest BCUT2D eigenvalue weighted by molar-refractivity contribution is 0.300. The summed E-state index contributed by atoms with van der Waals surface area (Å²) in [4.78, 5) is 0. The molecule has 1 unspecified atom stereocenters. The van der Waals surface area contributed by atoms with E-state index in [4.69, 9.17) is 20.8 Å². The summed E-state index contributed by atoms with van der Waals surface area (Å²) in [5, 5.41) is 3.34. The Balaban J connectivity index is 1.73. The Kier molecular flexibility index (Phi) is 4.82. The molecule has 0 saturated heterocycles. The maximum Gasteiger partial charge on any atom is 0.145 e. The Morgan fingerprint density at radius 3 is 2.95 bits per heavy atom. The predicted molar refractivity (Wildman–Crippen MR) is 72.0 cm³/mol. The van der Waals surface area contributed by atoms with E-state index in [1.807, 2.05) is 19.1 Å². The Morgan fingerprint density at radius 2 is 2.26 bits per heavy atom. The van der Waals surface area contributed by atoms with Gasteiger partial charge in [-0.25, -0.2) is 4.39 Å². The molecule has 2 rings (SSSR count). The number of hydrogen-bond donors (Lipinski definition) is 1. The monoisotopic (exact) mass is 283 g/mol. The van der Waals surface area contributed by atoms with Gasteiger partial charge in [0, 0.05) is 12.6 Å². The second-order valence-electron chi connectivity index (χ2n) is 4.12. The van der Waals surface area contributed by atoms with Crippen molar-refractivity contribution in [3.63, 3.8) is 0 Å². The van der Waals surface area contributed by atoms with E-state index in [-0.39, 0.29) is 11.1 Å². The molecule has 2 aromatic rings. The SMILES string of the molecule is CC(NCCOc1ccc(Cl)c(F)c1)c1ccco1. The van der Waals surface area contributed by atoms with Crippen molar-refractivity contribution in [3.8, 4) is 5.75 Å². The first-order valence-corrected chi connectivity index (χ1v) is 6.39. The maximum atomic E-state index is 13.2. The van der Waals surface area contributed by atoms with Crippen LogP contribution in [-0.4, -0.2) is 13.2 Å². The average Bonchev–Trinajstić information content (AvgIpc) is 2.92. The molecule has 3 nitrogen and oxygen atoms in total. The average molecular weight is 284 g/mol. The standard InChI is InChI=1S/C14H15ClFNO2/c1-10(14-3-2-7-19-14)17-6-8-18-11-4-5-12(15)13(16)9-11/h2-5,7,9-10,17H,6,8H2,1H3. The first-order chi connectivity index (χ1) is 9.16. The van der Waals surface area contributed by atoms with Gasteiger partial charge in [0.1, 0.15) is 23.9 Å². The molecule has 0 fully saturated rings. The molecule has 5 heteroatoms. The Hall–Kier alpha value is -1.52. The summed E-state index contributed by atoms with van der Waals surface area (Å²) in [5.41, 5.74) is 0. The summed E-state index contributed by atoms with van der Waals surface area (Å²) < 4.78 is 23.9. The highest BCUT2D eigenvalue weighted by Gasteiger charge is 2.07. The lowest BCUT2D eigenvalue weighted by atomic mass is 10.2. The minimum Gasteiger partial charge on any atom is -0.492 e. The van der Waals surface area contributed by atoms with Crippen LogP contribution in [0.3, 0.4) is 0 Å². The highest BCUT2D eigenvalue weighted by Crippen LogP contribution is 2.20. The first kappa shape index (κ1) is 13.9. The van der Waals surface area contributed by atoms with Gasteiger partial charge in [0.05, 0.1) is 17.3 Å². The van der Waals surface area contributed by atoms with Crippen LogP contribution in [0.4, 0.5) is 4.39 Å². The van der Waals surface area contributed by atoms with Crippen molar-refractivity contribution in [2.75, 3.05) is 13.2 Å². The molecule has 0 bridgehead atoms. The van der Waals surface area contributed by atoms with Crippen molar-refractivity contribution in [2.24, 2.45) is 0 Å². The van der Waals surface area contributed by atoms with Gasteiger partial charge in [-0.2, -0.15) is 0 Å². The van der Waals surface area contributed by atoms with Gasteiger partial charge in [0.15, 0.2) is 0 Å². The zero-order valence-electron chi connectivity index (χ0n) is 10.5. The molecule has 1 atom stereocenters. The second-order valence-corrected chi connectivity index (χ2v) is 4.52. The van der Waals surface area contributed by atoms with Crippen LogP contribution in [0.1, 0.15) is 18.7 Å². The van der Waals surface area contributed by atoms with E-state index in [2.05, 4.69) is 5.32 Å². The van der Waals surface area contributed by atoms with E-state index in [9.17, 15) is 4.39 Å². The number of ether oxygens (including phenoxy) is 1. The second kappa shape index (κ2) is 6.59. The van der Waals surface area contributed by atoms with Crippen LogP contribution in [0.2, 0.25) is 5.02 Å². The summed E-state index contributed by atoms with van der Waals surface area (Å²) in [6.45, 7) is 3.07. The van der Waals surface area contributed by atoms with E-state index < -0.39 is 5.82 Å². The largest absolute Gasteiger partial charge is 0.492 e. The number of nitrogens with one attached hydrogen (secondary N) is 1. The van der Waals surface area contributed by atoms with E-state index in [1.165, 1.54) is 12.1 Å². The molecule has 1 heterocycles. The van der Waals surface area contributed by atoms with Crippen LogP contribution < -0.4 is 10.1 Å². The summed E-state index contributed by atoms with van der Waals surface area (Å²) >= 11 is 5.59. The van der Waals surface area contributed by atoms with Gasteiger partial charge in [0.25, 0.3) is 0 Å². The molecule has 0 spiro atoms.